The molecule has 0 saturated carbocycles. The number of esters is 1. The van der Waals surface area contributed by atoms with Crippen LogP contribution < -0.4 is 4.74 Å². The summed E-state index contributed by atoms with van der Waals surface area (Å²) in [6.07, 6.45) is 0. The van der Waals surface area contributed by atoms with Crippen molar-refractivity contribution in [3.05, 3.63) is 64.8 Å². The molecule has 1 heterocycles. The van der Waals surface area contributed by atoms with Crippen LogP contribution in [0.3, 0.4) is 0 Å². The molecule has 0 amide bonds. The Hall–Kier alpha value is -2.59. The fourth-order valence-electron chi connectivity index (χ4n) is 2.27. The largest absolute Gasteiger partial charge is 0.424 e. The maximum Gasteiger partial charge on any atom is 0.308 e. The Morgan fingerprint density at radius 3 is 2.41 bits per heavy atom. The lowest BCUT2D eigenvalue weighted by Crippen LogP contribution is -2.08. The molecule has 4 nitrogen and oxygen atoms in total. The SMILES string of the molecule is CC(=O)Oc1c(C(=O)c2ccc(Cl)cc2)[nH]c2ccccc12. The number of halogens is 1. The number of carbonyl (C=O) groups is 2. The van der Waals surface area contributed by atoms with Crippen molar-refractivity contribution < 1.29 is 14.3 Å². The van der Waals surface area contributed by atoms with Gasteiger partial charge in [-0.15, -0.1) is 0 Å². The quantitative estimate of drug-likeness (QED) is 0.588. The Bertz CT molecular complexity index is 865. The first-order chi connectivity index (χ1) is 10.6. The van der Waals surface area contributed by atoms with Crippen LogP contribution in [0.15, 0.2) is 48.5 Å². The van der Waals surface area contributed by atoms with Gasteiger partial charge in [0, 0.05) is 28.4 Å². The Balaban J connectivity index is 2.14. The minimum absolute atomic E-state index is 0.249. The smallest absolute Gasteiger partial charge is 0.308 e. The number of rotatable bonds is 3. The van der Waals surface area contributed by atoms with Crippen molar-refractivity contribution in [1.29, 1.82) is 0 Å². The molecular formula is C17H12ClNO3. The molecule has 110 valence electrons. The van der Waals surface area contributed by atoms with E-state index in [2.05, 4.69) is 4.98 Å². The van der Waals surface area contributed by atoms with Crippen LogP contribution in [0.1, 0.15) is 23.0 Å². The molecule has 1 aromatic heterocycles. The van der Waals surface area contributed by atoms with Gasteiger partial charge in [0.15, 0.2) is 5.75 Å². The lowest BCUT2D eigenvalue weighted by atomic mass is 10.1. The van der Waals surface area contributed by atoms with Gasteiger partial charge >= 0.3 is 5.97 Å². The Morgan fingerprint density at radius 2 is 1.73 bits per heavy atom. The van der Waals surface area contributed by atoms with E-state index in [4.69, 9.17) is 16.3 Å². The van der Waals surface area contributed by atoms with E-state index < -0.39 is 5.97 Å². The molecule has 2 aromatic carbocycles. The minimum atomic E-state index is -0.477. The predicted octanol–water partition coefficient (Wildman–Crippen LogP) is 3.98. The molecule has 0 aliphatic heterocycles. The number of aromatic amines is 1. The summed E-state index contributed by atoms with van der Waals surface area (Å²) in [5, 5.41) is 1.24. The van der Waals surface area contributed by atoms with E-state index in [9.17, 15) is 9.59 Å². The van der Waals surface area contributed by atoms with Crippen LogP contribution in [-0.2, 0) is 4.79 Å². The first kappa shape index (κ1) is 14.4. The summed E-state index contributed by atoms with van der Waals surface area (Å²) in [5.41, 5.74) is 1.44. The predicted molar refractivity (Wildman–Crippen MR) is 84.5 cm³/mol. The van der Waals surface area contributed by atoms with E-state index in [-0.39, 0.29) is 17.2 Å². The molecule has 0 saturated heterocycles. The maximum atomic E-state index is 12.7. The van der Waals surface area contributed by atoms with Gasteiger partial charge in [0.2, 0.25) is 5.78 Å². The average Bonchev–Trinajstić information content (AvgIpc) is 2.86. The molecular weight excluding hydrogens is 302 g/mol. The lowest BCUT2D eigenvalue weighted by molar-refractivity contribution is -0.131. The molecule has 0 unspecified atom stereocenters. The standard InChI is InChI=1S/C17H12ClNO3/c1-10(20)22-17-13-4-2-3-5-14(13)19-15(17)16(21)11-6-8-12(18)9-7-11/h2-9,19H,1H3. The number of fused-ring (bicyclic) bond motifs is 1. The highest BCUT2D eigenvalue weighted by Crippen LogP contribution is 2.32. The van der Waals surface area contributed by atoms with Crippen molar-refractivity contribution >= 4 is 34.3 Å². The second-order valence-corrected chi connectivity index (χ2v) is 5.24. The third-order valence-corrected chi connectivity index (χ3v) is 3.49. The fraction of sp³-hybridized carbons (Fsp3) is 0.0588. The molecule has 22 heavy (non-hydrogen) atoms. The van der Waals surface area contributed by atoms with Crippen molar-refractivity contribution in [3.8, 4) is 5.75 Å². The van der Waals surface area contributed by atoms with Crippen molar-refractivity contribution in [3.63, 3.8) is 0 Å². The van der Waals surface area contributed by atoms with Crippen molar-refractivity contribution in [2.24, 2.45) is 0 Å². The van der Waals surface area contributed by atoms with Crippen molar-refractivity contribution in [2.45, 2.75) is 6.92 Å². The number of hydrogen-bond acceptors (Lipinski definition) is 3. The van der Waals surface area contributed by atoms with Crippen LogP contribution in [0.25, 0.3) is 10.9 Å². The van der Waals surface area contributed by atoms with Crippen LogP contribution in [0.5, 0.6) is 5.75 Å². The summed E-state index contributed by atoms with van der Waals surface area (Å²) >= 11 is 5.84. The maximum absolute atomic E-state index is 12.7. The Kier molecular flexibility index (Phi) is 3.69. The average molecular weight is 314 g/mol. The zero-order valence-corrected chi connectivity index (χ0v) is 12.5. The number of benzene rings is 2. The van der Waals surface area contributed by atoms with Gasteiger partial charge in [0.05, 0.1) is 0 Å². The lowest BCUT2D eigenvalue weighted by Gasteiger charge is -2.04. The first-order valence-electron chi connectivity index (χ1n) is 6.65. The van der Waals surface area contributed by atoms with Gasteiger partial charge in [-0.25, -0.2) is 0 Å². The number of H-pyrrole nitrogens is 1. The molecule has 3 rings (SSSR count). The molecule has 0 fully saturated rings. The number of hydrogen-bond donors (Lipinski definition) is 1. The van der Waals surface area contributed by atoms with E-state index in [0.717, 1.165) is 5.52 Å². The van der Waals surface area contributed by atoms with Gasteiger partial charge in [-0.3, -0.25) is 9.59 Å². The molecule has 0 bridgehead atoms. The van der Waals surface area contributed by atoms with Crippen LogP contribution in [0, 0.1) is 0 Å². The number of nitrogens with one attached hydrogen (secondary N) is 1. The van der Waals surface area contributed by atoms with Crippen LogP contribution in [-0.4, -0.2) is 16.7 Å². The third kappa shape index (κ3) is 2.61. The minimum Gasteiger partial charge on any atom is -0.424 e. The Morgan fingerprint density at radius 1 is 1.05 bits per heavy atom. The van der Waals surface area contributed by atoms with Crippen molar-refractivity contribution in [1.82, 2.24) is 4.98 Å². The summed E-state index contributed by atoms with van der Waals surface area (Å²) in [6, 6.07) is 13.8. The normalized spacial score (nSPS) is 10.6. The van der Waals surface area contributed by atoms with Gasteiger partial charge in [-0.2, -0.15) is 0 Å². The number of ketones is 1. The van der Waals surface area contributed by atoms with E-state index in [1.807, 2.05) is 18.2 Å². The molecule has 0 radical (unpaired) electrons. The fourth-order valence-corrected chi connectivity index (χ4v) is 2.40. The zero-order chi connectivity index (χ0) is 15.7. The number of aromatic nitrogens is 1. The summed E-state index contributed by atoms with van der Waals surface area (Å²) in [7, 11) is 0. The summed E-state index contributed by atoms with van der Waals surface area (Å²) in [6.45, 7) is 1.30. The monoisotopic (exact) mass is 313 g/mol. The highest BCUT2D eigenvalue weighted by Gasteiger charge is 2.21. The third-order valence-electron chi connectivity index (χ3n) is 3.24. The number of para-hydroxylation sites is 1. The van der Waals surface area contributed by atoms with E-state index in [1.54, 1.807) is 30.3 Å². The van der Waals surface area contributed by atoms with E-state index in [0.29, 0.717) is 16.0 Å². The zero-order valence-electron chi connectivity index (χ0n) is 11.7. The van der Waals surface area contributed by atoms with Gasteiger partial charge in [0.25, 0.3) is 0 Å². The molecule has 0 atom stereocenters. The van der Waals surface area contributed by atoms with Crippen LogP contribution in [0.4, 0.5) is 0 Å². The van der Waals surface area contributed by atoms with Gasteiger partial charge in [0.1, 0.15) is 5.69 Å². The second-order valence-electron chi connectivity index (χ2n) is 4.80. The molecule has 1 N–H and O–H groups in total. The highest BCUT2D eigenvalue weighted by atomic mass is 35.5. The van der Waals surface area contributed by atoms with E-state index >= 15 is 0 Å². The molecule has 5 heteroatoms. The van der Waals surface area contributed by atoms with Gasteiger partial charge < -0.3 is 9.72 Å². The first-order valence-corrected chi connectivity index (χ1v) is 7.03. The molecule has 0 aliphatic carbocycles. The van der Waals surface area contributed by atoms with E-state index in [1.165, 1.54) is 6.92 Å². The number of carbonyl (C=O) groups excluding carboxylic acids is 2. The van der Waals surface area contributed by atoms with Crippen LogP contribution >= 0.6 is 11.6 Å². The second kappa shape index (κ2) is 5.66. The molecule has 0 aliphatic rings. The summed E-state index contributed by atoms with van der Waals surface area (Å²) in [4.78, 5) is 27.0. The highest BCUT2D eigenvalue weighted by molar-refractivity contribution is 6.30. The van der Waals surface area contributed by atoms with Gasteiger partial charge in [-0.05, 0) is 36.4 Å². The summed E-state index contributed by atoms with van der Waals surface area (Å²) < 4.78 is 5.25. The van der Waals surface area contributed by atoms with Crippen LogP contribution in [0.2, 0.25) is 5.02 Å². The Labute approximate surface area is 131 Å². The molecule has 0 spiro atoms. The molecule has 3 aromatic rings. The topological polar surface area (TPSA) is 59.2 Å². The summed E-state index contributed by atoms with van der Waals surface area (Å²) in [5.74, 6) is -0.484. The van der Waals surface area contributed by atoms with Crippen molar-refractivity contribution in [2.75, 3.05) is 0 Å². The van der Waals surface area contributed by atoms with Gasteiger partial charge in [-0.1, -0.05) is 23.7 Å². The number of ether oxygens (including phenoxy) is 1.